The van der Waals surface area contributed by atoms with E-state index < -0.39 is 0 Å². The average Bonchev–Trinajstić information content (AvgIpc) is 2.36. The zero-order chi connectivity index (χ0) is 14.1. The number of halogens is 1. The van der Waals surface area contributed by atoms with E-state index in [1.807, 2.05) is 31.2 Å². The SMILES string of the molecule is CC(N)CCNC(=O)CCCOc1ccc(I)cc1. The third-order valence-corrected chi connectivity index (χ3v) is 3.27. The van der Waals surface area contributed by atoms with Gasteiger partial charge in [0.2, 0.25) is 5.91 Å². The molecule has 0 saturated heterocycles. The second kappa shape index (κ2) is 9.14. The molecule has 1 amide bonds. The first-order valence-electron chi connectivity index (χ1n) is 6.48. The Morgan fingerprint density at radius 1 is 1.42 bits per heavy atom. The number of nitrogens with one attached hydrogen (secondary N) is 1. The van der Waals surface area contributed by atoms with Crippen LogP contribution in [0.25, 0.3) is 0 Å². The van der Waals surface area contributed by atoms with Crippen LogP contribution >= 0.6 is 22.6 Å². The normalized spacial score (nSPS) is 11.9. The first kappa shape index (κ1) is 16.2. The monoisotopic (exact) mass is 376 g/mol. The maximum Gasteiger partial charge on any atom is 0.220 e. The first-order valence-corrected chi connectivity index (χ1v) is 7.56. The van der Waals surface area contributed by atoms with Crippen LogP contribution in [0.3, 0.4) is 0 Å². The summed E-state index contributed by atoms with van der Waals surface area (Å²) < 4.78 is 6.73. The molecule has 5 heteroatoms. The van der Waals surface area contributed by atoms with Crippen molar-refractivity contribution in [2.75, 3.05) is 13.2 Å². The van der Waals surface area contributed by atoms with Crippen LogP contribution in [0.15, 0.2) is 24.3 Å². The molecular weight excluding hydrogens is 355 g/mol. The molecule has 0 heterocycles. The summed E-state index contributed by atoms with van der Waals surface area (Å²) in [5.41, 5.74) is 5.60. The highest BCUT2D eigenvalue weighted by Crippen LogP contribution is 2.13. The van der Waals surface area contributed by atoms with Gasteiger partial charge in [-0.15, -0.1) is 0 Å². The topological polar surface area (TPSA) is 64.3 Å². The lowest BCUT2D eigenvalue weighted by Gasteiger charge is -2.08. The smallest absolute Gasteiger partial charge is 0.220 e. The Hall–Kier alpha value is -0.820. The molecule has 0 aliphatic rings. The van der Waals surface area contributed by atoms with Gasteiger partial charge in [-0.2, -0.15) is 0 Å². The summed E-state index contributed by atoms with van der Waals surface area (Å²) >= 11 is 2.25. The van der Waals surface area contributed by atoms with Crippen molar-refractivity contribution in [2.24, 2.45) is 5.73 Å². The lowest BCUT2D eigenvalue weighted by molar-refractivity contribution is -0.121. The molecule has 0 bridgehead atoms. The third-order valence-electron chi connectivity index (χ3n) is 2.55. The predicted molar refractivity (Wildman–Crippen MR) is 85.2 cm³/mol. The first-order chi connectivity index (χ1) is 9.08. The molecule has 106 valence electrons. The van der Waals surface area contributed by atoms with Gasteiger partial charge in [-0.05, 0) is 66.6 Å². The molecule has 0 fully saturated rings. The fourth-order valence-electron chi connectivity index (χ4n) is 1.48. The van der Waals surface area contributed by atoms with Crippen LogP contribution in [-0.4, -0.2) is 25.1 Å². The van der Waals surface area contributed by atoms with Crippen LogP contribution in [0.4, 0.5) is 0 Å². The van der Waals surface area contributed by atoms with Gasteiger partial charge in [-0.1, -0.05) is 0 Å². The molecule has 19 heavy (non-hydrogen) atoms. The molecule has 0 aliphatic heterocycles. The van der Waals surface area contributed by atoms with Crippen LogP contribution in [0.1, 0.15) is 26.2 Å². The Morgan fingerprint density at radius 2 is 2.11 bits per heavy atom. The molecule has 3 N–H and O–H groups in total. The summed E-state index contributed by atoms with van der Waals surface area (Å²) in [6.45, 7) is 3.14. The van der Waals surface area contributed by atoms with Crippen molar-refractivity contribution < 1.29 is 9.53 Å². The van der Waals surface area contributed by atoms with E-state index in [0.29, 0.717) is 19.6 Å². The molecule has 1 unspecified atom stereocenters. The largest absolute Gasteiger partial charge is 0.494 e. The van der Waals surface area contributed by atoms with Gasteiger partial charge in [0, 0.05) is 22.6 Å². The number of rotatable bonds is 8. The molecular formula is C14H21IN2O2. The number of amides is 1. The fourth-order valence-corrected chi connectivity index (χ4v) is 1.84. The van der Waals surface area contributed by atoms with E-state index in [0.717, 1.165) is 18.6 Å². The van der Waals surface area contributed by atoms with E-state index in [2.05, 4.69) is 27.9 Å². The summed E-state index contributed by atoms with van der Waals surface area (Å²) in [5.74, 6) is 0.907. The van der Waals surface area contributed by atoms with Crippen LogP contribution in [0.2, 0.25) is 0 Å². The van der Waals surface area contributed by atoms with Crippen LogP contribution in [0.5, 0.6) is 5.75 Å². The van der Waals surface area contributed by atoms with Gasteiger partial charge in [0.25, 0.3) is 0 Å². The van der Waals surface area contributed by atoms with Crippen molar-refractivity contribution in [1.82, 2.24) is 5.32 Å². The van der Waals surface area contributed by atoms with E-state index >= 15 is 0 Å². The van der Waals surface area contributed by atoms with Crippen LogP contribution < -0.4 is 15.8 Å². The summed E-state index contributed by atoms with van der Waals surface area (Å²) in [6, 6.07) is 7.99. The third kappa shape index (κ3) is 8.05. The fraction of sp³-hybridized carbons (Fsp3) is 0.500. The molecule has 1 atom stereocenters. The Labute approximate surface area is 128 Å². The second-order valence-electron chi connectivity index (χ2n) is 4.52. The molecule has 0 spiro atoms. The number of nitrogens with two attached hydrogens (primary N) is 1. The Bertz CT molecular complexity index is 380. The molecule has 1 rings (SSSR count). The van der Waals surface area contributed by atoms with Crippen molar-refractivity contribution in [3.05, 3.63) is 27.8 Å². The average molecular weight is 376 g/mol. The Morgan fingerprint density at radius 3 is 2.74 bits per heavy atom. The molecule has 0 aliphatic carbocycles. The van der Waals surface area contributed by atoms with Crippen molar-refractivity contribution in [1.29, 1.82) is 0 Å². The zero-order valence-corrected chi connectivity index (χ0v) is 13.4. The minimum Gasteiger partial charge on any atom is -0.494 e. The summed E-state index contributed by atoms with van der Waals surface area (Å²) in [5, 5.41) is 2.84. The summed E-state index contributed by atoms with van der Waals surface area (Å²) in [7, 11) is 0. The maximum atomic E-state index is 11.5. The number of benzene rings is 1. The van der Waals surface area contributed by atoms with E-state index in [9.17, 15) is 4.79 Å². The highest BCUT2D eigenvalue weighted by molar-refractivity contribution is 14.1. The van der Waals surface area contributed by atoms with Crippen molar-refractivity contribution >= 4 is 28.5 Å². The maximum absolute atomic E-state index is 11.5. The van der Waals surface area contributed by atoms with Gasteiger partial charge in [0.05, 0.1) is 6.61 Å². The molecule has 0 aromatic heterocycles. The van der Waals surface area contributed by atoms with Crippen molar-refractivity contribution in [2.45, 2.75) is 32.2 Å². The number of ether oxygens (including phenoxy) is 1. The molecule has 4 nitrogen and oxygen atoms in total. The van der Waals surface area contributed by atoms with E-state index in [4.69, 9.17) is 10.5 Å². The van der Waals surface area contributed by atoms with E-state index in [1.165, 1.54) is 3.57 Å². The Balaban J connectivity index is 2.07. The van der Waals surface area contributed by atoms with Gasteiger partial charge in [0.15, 0.2) is 0 Å². The quantitative estimate of drug-likeness (QED) is 0.541. The second-order valence-corrected chi connectivity index (χ2v) is 5.77. The minimum atomic E-state index is 0.0619. The molecule has 1 aromatic carbocycles. The van der Waals surface area contributed by atoms with E-state index in [-0.39, 0.29) is 11.9 Å². The van der Waals surface area contributed by atoms with Gasteiger partial charge in [0.1, 0.15) is 5.75 Å². The number of hydrogen-bond donors (Lipinski definition) is 2. The lowest BCUT2D eigenvalue weighted by Crippen LogP contribution is -2.28. The molecule has 1 aromatic rings. The standard InChI is InChI=1S/C14H21IN2O2/c1-11(16)8-9-17-14(18)3-2-10-19-13-6-4-12(15)5-7-13/h4-7,11H,2-3,8-10,16H2,1H3,(H,17,18). The van der Waals surface area contributed by atoms with Crippen LogP contribution in [0, 0.1) is 3.57 Å². The lowest BCUT2D eigenvalue weighted by atomic mass is 10.2. The highest BCUT2D eigenvalue weighted by Gasteiger charge is 2.02. The molecule has 0 saturated carbocycles. The highest BCUT2D eigenvalue weighted by atomic mass is 127. The predicted octanol–water partition coefficient (Wildman–Crippen LogP) is 2.30. The van der Waals surface area contributed by atoms with Gasteiger partial charge >= 0.3 is 0 Å². The summed E-state index contributed by atoms with van der Waals surface area (Å²) in [6.07, 6.45) is 2.02. The van der Waals surface area contributed by atoms with Gasteiger partial charge < -0.3 is 15.8 Å². The minimum absolute atomic E-state index is 0.0619. The van der Waals surface area contributed by atoms with Crippen LogP contribution in [-0.2, 0) is 4.79 Å². The molecule has 0 radical (unpaired) electrons. The van der Waals surface area contributed by atoms with Gasteiger partial charge in [-0.25, -0.2) is 0 Å². The van der Waals surface area contributed by atoms with Crippen molar-refractivity contribution in [3.8, 4) is 5.75 Å². The number of carbonyl (C=O) groups is 1. The summed E-state index contributed by atoms with van der Waals surface area (Å²) in [4.78, 5) is 11.5. The Kier molecular flexibility index (Phi) is 7.81. The van der Waals surface area contributed by atoms with Gasteiger partial charge in [-0.3, -0.25) is 4.79 Å². The number of hydrogen-bond acceptors (Lipinski definition) is 3. The zero-order valence-electron chi connectivity index (χ0n) is 11.2. The van der Waals surface area contributed by atoms with E-state index in [1.54, 1.807) is 0 Å². The number of carbonyl (C=O) groups excluding carboxylic acids is 1. The van der Waals surface area contributed by atoms with Crippen molar-refractivity contribution in [3.63, 3.8) is 0 Å².